The Morgan fingerprint density at radius 2 is 2.12 bits per heavy atom. The van der Waals surface area contributed by atoms with Crippen LogP contribution in [0.3, 0.4) is 0 Å². The number of nitrogens with zero attached hydrogens (tertiary/aromatic N) is 1. The normalized spacial score (nSPS) is 10.3. The van der Waals surface area contributed by atoms with Gasteiger partial charge in [-0.25, -0.2) is 9.78 Å². The fourth-order valence-electron chi connectivity index (χ4n) is 1.39. The highest BCUT2D eigenvalue weighted by molar-refractivity contribution is 9.10. The summed E-state index contributed by atoms with van der Waals surface area (Å²) in [7, 11) is 0. The number of rotatable bonds is 2. The van der Waals surface area contributed by atoms with Crippen LogP contribution in [-0.4, -0.2) is 21.0 Å². The predicted molar refractivity (Wildman–Crippen MR) is 63.1 cm³/mol. The Morgan fingerprint density at radius 1 is 1.44 bits per heavy atom. The van der Waals surface area contributed by atoms with Gasteiger partial charge in [-0.3, -0.25) is 0 Å². The second-order valence-corrected chi connectivity index (χ2v) is 3.98. The largest absolute Gasteiger partial charge is 0.477 e. The molecular weight excluding hydrogens is 274 g/mol. The zero-order chi connectivity index (χ0) is 11.7. The number of aromatic carboxylic acids is 1. The number of nitrogen functional groups attached to an aromatic ring is 1. The number of nitrogens with one attached hydrogen (secondary N) is 1. The molecule has 0 amide bonds. The van der Waals surface area contributed by atoms with Crippen molar-refractivity contribution in [3.63, 3.8) is 0 Å². The lowest BCUT2D eigenvalue weighted by atomic mass is 10.1. The highest BCUT2D eigenvalue weighted by atomic mass is 79.9. The Kier molecular flexibility index (Phi) is 2.66. The number of aromatic nitrogens is 2. The molecule has 0 saturated heterocycles. The van der Waals surface area contributed by atoms with E-state index in [-0.39, 0.29) is 11.6 Å². The summed E-state index contributed by atoms with van der Waals surface area (Å²) in [6, 6.07) is 7.22. The zero-order valence-corrected chi connectivity index (χ0v) is 9.65. The van der Waals surface area contributed by atoms with Crippen LogP contribution in [0, 0.1) is 0 Å². The Hall–Kier alpha value is -1.82. The molecule has 0 spiro atoms. The molecule has 0 aliphatic rings. The van der Waals surface area contributed by atoms with Gasteiger partial charge in [-0.1, -0.05) is 34.1 Å². The number of H-pyrrole nitrogens is 1. The average Bonchev–Trinajstić information content (AvgIpc) is 2.61. The van der Waals surface area contributed by atoms with Crippen LogP contribution in [0.1, 0.15) is 10.5 Å². The van der Waals surface area contributed by atoms with Crippen LogP contribution >= 0.6 is 15.9 Å². The van der Waals surface area contributed by atoms with Crippen molar-refractivity contribution in [2.75, 3.05) is 5.73 Å². The van der Waals surface area contributed by atoms with E-state index in [0.717, 1.165) is 4.47 Å². The first kappa shape index (κ1) is 10.7. The molecule has 0 radical (unpaired) electrons. The maximum Gasteiger partial charge on any atom is 0.354 e. The SMILES string of the molecule is Nc1nc(-c2ccccc2Br)c(C(=O)O)[nH]1. The Bertz CT molecular complexity index is 551. The Morgan fingerprint density at radius 3 is 2.75 bits per heavy atom. The fourth-order valence-corrected chi connectivity index (χ4v) is 1.87. The molecule has 4 N–H and O–H groups in total. The molecule has 5 nitrogen and oxygen atoms in total. The first-order chi connectivity index (χ1) is 7.59. The molecule has 0 bridgehead atoms. The number of anilines is 1. The van der Waals surface area contributed by atoms with Gasteiger partial charge in [-0.05, 0) is 6.07 Å². The van der Waals surface area contributed by atoms with E-state index >= 15 is 0 Å². The van der Waals surface area contributed by atoms with Gasteiger partial charge < -0.3 is 15.8 Å². The predicted octanol–water partition coefficient (Wildman–Crippen LogP) is 2.12. The quantitative estimate of drug-likeness (QED) is 0.786. The third-order valence-electron chi connectivity index (χ3n) is 2.06. The lowest BCUT2D eigenvalue weighted by Gasteiger charge is -2.01. The van der Waals surface area contributed by atoms with Crippen LogP contribution in [0.5, 0.6) is 0 Å². The molecular formula is C10H8BrN3O2. The zero-order valence-electron chi connectivity index (χ0n) is 8.07. The molecule has 0 aliphatic carbocycles. The average molecular weight is 282 g/mol. The first-order valence-electron chi connectivity index (χ1n) is 4.43. The first-order valence-corrected chi connectivity index (χ1v) is 5.22. The smallest absolute Gasteiger partial charge is 0.354 e. The van der Waals surface area contributed by atoms with Crippen molar-refractivity contribution in [3.8, 4) is 11.3 Å². The minimum Gasteiger partial charge on any atom is -0.477 e. The number of aromatic amines is 1. The van der Waals surface area contributed by atoms with E-state index in [1.54, 1.807) is 12.1 Å². The summed E-state index contributed by atoms with van der Waals surface area (Å²) < 4.78 is 0.768. The van der Waals surface area contributed by atoms with Gasteiger partial charge in [-0.15, -0.1) is 0 Å². The Balaban J connectivity index is 2.64. The minimum absolute atomic E-state index is 0.00981. The van der Waals surface area contributed by atoms with Gasteiger partial charge in [-0.2, -0.15) is 0 Å². The van der Waals surface area contributed by atoms with Crippen LogP contribution in [0.25, 0.3) is 11.3 Å². The molecule has 16 heavy (non-hydrogen) atoms. The number of carboxylic acids is 1. The van der Waals surface area contributed by atoms with Crippen molar-refractivity contribution in [2.45, 2.75) is 0 Å². The van der Waals surface area contributed by atoms with Gasteiger partial charge in [0.25, 0.3) is 0 Å². The summed E-state index contributed by atoms with van der Waals surface area (Å²) in [6.07, 6.45) is 0. The molecule has 0 saturated carbocycles. The number of halogens is 1. The third kappa shape index (κ3) is 1.79. The van der Waals surface area contributed by atoms with Gasteiger partial charge in [0.15, 0.2) is 11.6 Å². The summed E-state index contributed by atoms with van der Waals surface area (Å²) in [5, 5.41) is 8.99. The van der Waals surface area contributed by atoms with E-state index in [1.807, 2.05) is 12.1 Å². The number of benzene rings is 1. The molecule has 0 atom stereocenters. The monoisotopic (exact) mass is 281 g/mol. The molecule has 0 unspecified atom stereocenters. The van der Waals surface area contributed by atoms with Crippen LogP contribution in [0.15, 0.2) is 28.7 Å². The van der Waals surface area contributed by atoms with Gasteiger partial charge in [0.05, 0.1) is 0 Å². The van der Waals surface area contributed by atoms with Crippen LogP contribution in [-0.2, 0) is 0 Å². The molecule has 82 valence electrons. The van der Waals surface area contributed by atoms with E-state index in [1.165, 1.54) is 0 Å². The molecule has 1 aromatic carbocycles. The number of carboxylic acid groups (broad SMARTS) is 1. The number of nitrogens with two attached hydrogens (primary N) is 1. The molecule has 2 aromatic rings. The van der Waals surface area contributed by atoms with Crippen molar-refractivity contribution in [3.05, 3.63) is 34.4 Å². The Labute approximate surface area is 99.4 Å². The lowest BCUT2D eigenvalue weighted by molar-refractivity contribution is 0.0692. The van der Waals surface area contributed by atoms with E-state index in [2.05, 4.69) is 25.9 Å². The number of hydrogen-bond donors (Lipinski definition) is 3. The maximum atomic E-state index is 11.0. The number of hydrogen-bond acceptors (Lipinski definition) is 3. The summed E-state index contributed by atoms with van der Waals surface area (Å²) in [4.78, 5) is 17.5. The van der Waals surface area contributed by atoms with Crippen LogP contribution in [0.2, 0.25) is 0 Å². The van der Waals surface area contributed by atoms with Crippen LogP contribution < -0.4 is 5.73 Å². The number of imidazole rings is 1. The molecule has 2 rings (SSSR count). The van der Waals surface area contributed by atoms with E-state index in [4.69, 9.17) is 10.8 Å². The van der Waals surface area contributed by atoms with Gasteiger partial charge >= 0.3 is 5.97 Å². The molecule has 6 heteroatoms. The standard InChI is InChI=1S/C10H8BrN3O2/c11-6-4-2-1-3-5(6)7-8(9(15)16)14-10(12)13-7/h1-4H,(H,15,16)(H3,12,13,14). The highest BCUT2D eigenvalue weighted by Crippen LogP contribution is 2.29. The lowest BCUT2D eigenvalue weighted by Crippen LogP contribution is -1.99. The van der Waals surface area contributed by atoms with Gasteiger partial charge in [0.1, 0.15) is 5.69 Å². The third-order valence-corrected chi connectivity index (χ3v) is 2.76. The van der Waals surface area contributed by atoms with Crippen molar-refractivity contribution in [1.82, 2.24) is 9.97 Å². The second-order valence-electron chi connectivity index (χ2n) is 3.13. The van der Waals surface area contributed by atoms with Crippen molar-refractivity contribution in [2.24, 2.45) is 0 Å². The molecule has 1 aromatic heterocycles. The van der Waals surface area contributed by atoms with Gasteiger partial charge in [0.2, 0.25) is 0 Å². The van der Waals surface area contributed by atoms with E-state index in [0.29, 0.717) is 11.3 Å². The summed E-state index contributed by atoms with van der Waals surface area (Å²) in [5.74, 6) is -1.00. The minimum atomic E-state index is -1.09. The van der Waals surface area contributed by atoms with E-state index < -0.39 is 5.97 Å². The second kappa shape index (κ2) is 3.97. The fraction of sp³-hybridized carbons (Fsp3) is 0. The number of carbonyl (C=O) groups is 1. The highest BCUT2D eigenvalue weighted by Gasteiger charge is 2.18. The maximum absolute atomic E-state index is 11.0. The molecule has 1 heterocycles. The summed E-state index contributed by atoms with van der Waals surface area (Å²) >= 11 is 3.34. The van der Waals surface area contributed by atoms with Crippen molar-refractivity contribution < 1.29 is 9.90 Å². The topological polar surface area (TPSA) is 92.0 Å². The molecule has 0 aliphatic heterocycles. The summed E-state index contributed by atoms with van der Waals surface area (Å²) in [5.41, 5.74) is 6.47. The van der Waals surface area contributed by atoms with Crippen LogP contribution in [0.4, 0.5) is 5.95 Å². The van der Waals surface area contributed by atoms with Crippen molar-refractivity contribution in [1.29, 1.82) is 0 Å². The molecule has 0 fully saturated rings. The van der Waals surface area contributed by atoms with Crippen molar-refractivity contribution >= 4 is 27.8 Å². The van der Waals surface area contributed by atoms with Gasteiger partial charge in [0, 0.05) is 10.0 Å². The van der Waals surface area contributed by atoms with E-state index in [9.17, 15) is 4.79 Å². The summed E-state index contributed by atoms with van der Waals surface area (Å²) in [6.45, 7) is 0.